The highest BCUT2D eigenvalue weighted by molar-refractivity contribution is 7.91. The van der Waals surface area contributed by atoms with E-state index < -0.39 is 74.1 Å². The number of amides is 4. The van der Waals surface area contributed by atoms with Crippen LogP contribution < -0.4 is 20.1 Å². The summed E-state index contributed by atoms with van der Waals surface area (Å²) in [5.41, 5.74) is -2.35. The van der Waals surface area contributed by atoms with Crippen molar-refractivity contribution in [3.8, 4) is 5.88 Å². The molecule has 48 heavy (non-hydrogen) atoms. The minimum absolute atomic E-state index is 0.0266. The van der Waals surface area contributed by atoms with Crippen LogP contribution in [0.2, 0.25) is 0 Å². The zero-order valence-corrected chi connectivity index (χ0v) is 28.4. The highest BCUT2D eigenvalue weighted by Crippen LogP contribution is 2.45. The molecule has 5 rings (SSSR count). The Morgan fingerprint density at radius 2 is 1.88 bits per heavy atom. The zero-order valence-electron chi connectivity index (χ0n) is 27.6. The van der Waals surface area contributed by atoms with Gasteiger partial charge in [0, 0.05) is 31.0 Å². The van der Waals surface area contributed by atoms with Gasteiger partial charge in [-0.15, -0.1) is 6.58 Å². The summed E-state index contributed by atoms with van der Waals surface area (Å²) in [6.07, 6.45) is 2.69. The molecule has 260 valence electrons. The van der Waals surface area contributed by atoms with E-state index in [1.807, 2.05) is 30.3 Å². The number of fused-ring (bicyclic) bond motifs is 1. The first kappa shape index (κ1) is 35.1. The van der Waals surface area contributed by atoms with Crippen LogP contribution >= 0.6 is 0 Å². The first-order chi connectivity index (χ1) is 22.7. The van der Waals surface area contributed by atoms with E-state index in [1.54, 1.807) is 27.0 Å². The number of rotatable bonds is 13. The van der Waals surface area contributed by atoms with Gasteiger partial charge in [-0.2, -0.15) is 0 Å². The van der Waals surface area contributed by atoms with Gasteiger partial charge in [-0.1, -0.05) is 45.0 Å². The Morgan fingerprint density at radius 1 is 1.15 bits per heavy atom. The van der Waals surface area contributed by atoms with Crippen molar-refractivity contribution >= 4 is 44.6 Å². The fourth-order valence-electron chi connectivity index (χ4n) is 5.93. The number of likely N-dealkylation sites (tertiary alicyclic amines) is 1. The maximum absolute atomic E-state index is 14.3. The second-order valence-electron chi connectivity index (χ2n) is 13.6. The molecule has 1 aliphatic heterocycles. The maximum Gasteiger partial charge on any atom is 0.407 e. The van der Waals surface area contributed by atoms with Gasteiger partial charge in [0.25, 0.3) is 5.91 Å². The van der Waals surface area contributed by atoms with Crippen molar-refractivity contribution in [1.82, 2.24) is 25.2 Å². The molecule has 4 amide bonds. The highest BCUT2D eigenvalue weighted by atomic mass is 32.2. The quantitative estimate of drug-likeness (QED) is 0.208. The third-order valence-electron chi connectivity index (χ3n) is 8.91. The largest absolute Gasteiger partial charge is 0.472 e. The van der Waals surface area contributed by atoms with Crippen LogP contribution in [0.1, 0.15) is 46.5 Å². The van der Waals surface area contributed by atoms with Crippen molar-refractivity contribution in [3.05, 3.63) is 49.2 Å². The van der Waals surface area contributed by atoms with Gasteiger partial charge >= 0.3 is 6.09 Å². The maximum atomic E-state index is 14.3. The number of carbonyl (C=O) groups excluding carboxylic acids is 4. The number of ether oxygens (including phenoxy) is 3. The highest BCUT2D eigenvalue weighted by Gasteiger charge is 2.62. The molecule has 1 aromatic carbocycles. The van der Waals surface area contributed by atoms with Crippen molar-refractivity contribution in [2.75, 3.05) is 26.9 Å². The number of sulfonamides is 1. The summed E-state index contributed by atoms with van der Waals surface area (Å²) in [6, 6.07) is 7.10. The molecule has 2 heterocycles. The molecular formula is C33H43N5O9S. The molecule has 3 aliphatic rings. The van der Waals surface area contributed by atoms with Gasteiger partial charge in [0.2, 0.25) is 27.7 Å². The lowest BCUT2D eigenvalue weighted by atomic mass is 9.85. The van der Waals surface area contributed by atoms with Crippen molar-refractivity contribution in [2.45, 2.75) is 75.4 Å². The van der Waals surface area contributed by atoms with Gasteiger partial charge in [0.05, 0.1) is 18.4 Å². The van der Waals surface area contributed by atoms with Crippen LogP contribution in [0.25, 0.3) is 10.8 Å². The van der Waals surface area contributed by atoms with Gasteiger partial charge in [-0.05, 0) is 42.2 Å². The number of hydrogen-bond acceptors (Lipinski definition) is 10. The van der Waals surface area contributed by atoms with E-state index in [9.17, 15) is 27.6 Å². The molecule has 0 bridgehead atoms. The zero-order chi connectivity index (χ0) is 34.9. The Hall–Kier alpha value is -4.24. The lowest BCUT2D eigenvalue weighted by Gasteiger charge is -2.35. The number of pyridine rings is 1. The van der Waals surface area contributed by atoms with E-state index in [0.717, 1.165) is 10.8 Å². The normalized spacial score (nSPS) is 24.3. The summed E-state index contributed by atoms with van der Waals surface area (Å²) in [6.45, 7) is 9.16. The fourth-order valence-corrected chi connectivity index (χ4v) is 7.29. The molecule has 15 heteroatoms. The predicted molar refractivity (Wildman–Crippen MR) is 175 cm³/mol. The van der Waals surface area contributed by atoms with Crippen LogP contribution in [0.3, 0.4) is 0 Å². The van der Waals surface area contributed by atoms with Gasteiger partial charge in [-0.25, -0.2) is 18.2 Å². The van der Waals surface area contributed by atoms with Crippen molar-refractivity contribution < 1.29 is 41.8 Å². The summed E-state index contributed by atoms with van der Waals surface area (Å²) < 4.78 is 43.8. The summed E-state index contributed by atoms with van der Waals surface area (Å²) >= 11 is 0. The van der Waals surface area contributed by atoms with Crippen LogP contribution in [0.4, 0.5) is 4.79 Å². The SMILES string of the molecule is C=C[C@@H]1C[C@]1(NC(=O)[C@@H]1C[C@@H](Oc2nccc3ccccc23)CN1C(=O)C(NC(=O)OCCOC)C(C)(C)C)C(=O)NS(=O)(=O)C1CC1. The van der Waals surface area contributed by atoms with Gasteiger partial charge < -0.3 is 29.7 Å². The molecule has 2 aromatic rings. The molecule has 2 saturated carbocycles. The third kappa shape index (κ3) is 7.57. The number of benzene rings is 1. The van der Waals surface area contributed by atoms with E-state index in [1.165, 1.54) is 18.1 Å². The molecule has 3 N–H and O–H groups in total. The van der Waals surface area contributed by atoms with Crippen LogP contribution in [-0.2, 0) is 33.9 Å². The van der Waals surface area contributed by atoms with E-state index in [0.29, 0.717) is 18.7 Å². The molecule has 14 nitrogen and oxygen atoms in total. The van der Waals surface area contributed by atoms with Crippen molar-refractivity contribution in [2.24, 2.45) is 11.3 Å². The Balaban J connectivity index is 1.41. The number of carbonyl (C=O) groups is 4. The molecule has 2 aliphatic carbocycles. The van der Waals surface area contributed by atoms with Gasteiger partial charge in [0.1, 0.15) is 30.3 Å². The summed E-state index contributed by atoms with van der Waals surface area (Å²) in [5, 5.41) is 6.41. The molecule has 1 unspecified atom stereocenters. The van der Waals surface area contributed by atoms with Crippen LogP contribution in [-0.4, -0.2) is 98.0 Å². The van der Waals surface area contributed by atoms with Gasteiger partial charge in [-0.3, -0.25) is 19.1 Å². The van der Waals surface area contributed by atoms with Crippen LogP contribution in [0.5, 0.6) is 5.88 Å². The number of nitrogens with zero attached hydrogens (tertiary/aromatic N) is 2. The van der Waals surface area contributed by atoms with Crippen LogP contribution in [0.15, 0.2) is 49.2 Å². The van der Waals surface area contributed by atoms with Gasteiger partial charge in [0.15, 0.2) is 0 Å². The second-order valence-corrected chi connectivity index (χ2v) is 15.5. The number of alkyl carbamates (subject to hydrolysis) is 1. The summed E-state index contributed by atoms with van der Waals surface area (Å²) in [7, 11) is -2.42. The Kier molecular flexibility index (Phi) is 10.0. The van der Waals surface area contributed by atoms with Crippen molar-refractivity contribution in [3.63, 3.8) is 0 Å². The first-order valence-corrected chi connectivity index (χ1v) is 17.5. The fraction of sp³-hybridized carbons (Fsp3) is 0.545. The monoisotopic (exact) mass is 685 g/mol. The molecule has 0 radical (unpaired) electrons. The second kappa shape index (κ2) is 13.7. The third-order valence-corrected chi connectivity index (χ3v) is 10.7. The summed E-state index contributed by atoms with van der Waals surface area (Å²) in [5.74, 6) is -2.26. The molecule has 1 saturated heterocycles. The van der Waals surface area contributed by atoms with E-state index in [4.69, 9.17) is 14.2 Å². The molecule has 3 fully saturated rings. The molecule has 5 atom stereocenters. The topological polar surface area (TPSA) is 182 Å². The number of nitrogens with one attached hydrogen (secondary N) is 3. The average Bonchev–Trinajstić information content (AvgIpc) is 3.96. The molecule has 1 aromatic heterocycles. The van der Waals surface area contributed by atoms with Crippen LogP contribution in [0, 0.1) is 11.3 Å². The Labute approximate surface area is 280 Å². The number of methoxy groups -OCH3 is 1. The lowest BCUT2D eigenvalue weighted by Crippen LogP contribution is -2.60. The first-order valence-electron chi connectivity index (χ1n) is 15.9. The Morgan fingerprint density at radius 3 is 2.52 bits per heavy atom. The average molecular weight is 686 g/mol. The predicted octanol–water partition coefficient (Wildman–Crippen LogP) is 2.04. The van der Waals surface area contributed by atoms with E-state index in [-0.39, 0.29) is 32.6 Å². The van der Waals surface area contributed by atoms with E-state index in [2.05, 4.69) is 26.9 Å². The number of aromatic nitrogens is 1. The van der Waals surface area contributed by atoms with Crippen molar-refractivity contribution in [1.29, 1.82) is 0 Å². The lowest BCUT2D eigenvalue weighted by molar-refractivity contribution is -0.142. The number of hydrogen-bond donors (Lipinski definition) is 3. The van der Waals surface area contributed by atoms with E-state index >= 15 is 0 Å². The Bertz CT molecular complexity index is 1680. The molecule has 0 spiro atoms. The molecular weight excluding hydrogens is 642 g/mol. The standard InChI is InChI=1S/C33H43N5O9S/c1-6-21-18-33(21,30(41)37-48(43,44)23-11-12-23)36-27(39)25-17-22(47-28-24-10-8-7-9-20(24)13-14-34-28)19-38(25)29(40)26(32(2,3)4)35-31(42)46-16-15-45-5/h6-10,13-14,21-23,25-26H,1,11-12,15-19H2,2-5H3,(H,35,42)(H,36,39)(H,37,41)/t21-,22-,25+,26?,33-/m1/s1. The summed E-state index contributed by atoms with van der Waals surface area (Å²) in [4.78, 5) is 60.2. The smallest absolute Gasteiger partial charge is 0.407 e. The minimum atomic E-state index is -3.89. The minimum Gasteiger partial charge on any atom is -0.472 e.